The predicted molar refractivity (Wildman–Crippen MR) is 137 cm³/mol. The van der Waals surface area contributed by atoms with E-state index in [1.165, 1.54) is 7.11 Å². The molecule has 1 N–H and O–H groups in total. The Bertz CT molecular complexity index is 1130. The van der Waals surface area contributed by atoms with E-state index in [0.717, 1.165) is 16.8 Å². The summed E-state index contributed by atoms with van der Waals surface area (Å²) in [7, 11) is 5.37. The van der Waals surface area contributed by atoms with Crippen molar-refractivity contribution in [3.63, 3.8) is 0 Å². The van der Waals surface area contributed by atoms with E-state index in [1.807, 2.05) is 80.5 Å². The zero-order valence-electron chi connectivity index (χ0n) is 19.9. The molecule has 0 bridgehead atoms. The molecule has 34 heavy (non-hydrogen) atoms. The molecule has 0 unspecified atom stereocenters. The molecule has 3 aromatic rings. The highest BCUT2D eigenvalue weighted by molar-refractivity contribution is 6.33. The molecule has 0 radical (unpaired) electrons. The second-order valence-corrected chi connectivity index (χ2v) is 8.63. The lowest BCUT2D eigenvalue weighted by molar-refractivity contribution is -0.119. The van der Waals surface area contributed by atoms with Crippen LogP contribution in [0.1, 0.15) is 34.5 Å². The van der Waals surface area contributed by atoms with Crippen molar-refractivity contribution in [2.75, 3.05) is 38.0 Å². The lowest BCUT2D eigenvalue weighted by atomic mass is 10.0. The number of amides is 2. The minimum absolute atomic E-state index is 0.0348. The van der Waals surface area contributed by atoms with Crippen LogP contribution in [0.5, 0.6) is 0 Å². The first kappa shape index (κ1) is 25.3. The number of methoxy groups -OCH3 is 1. The van der Waals surface area contributed by atoms with Crippen LogP contribution in [0.2, 0.25) is 5.02 Å². The lowest BCUT2D eigenvalue weighted by Crippen LogP contribution is -2.34. The van der Waals surface area contributed by atoms with E-state index in [4.69, 9.17) is 16.3 Å². The predicted octanol–water partition coefficient (Wildman–Crippen LogP) is 5.39. The first-order valence-corrected chi connectivity index (χ1v) is 11.4. The number of hydrogen-bond donors (Lipinski definition) is 1. The molecule has 3 rings (SSSR count). The van der Waals surface area contributed by atoms with E-state index in [-0.39, 0.29) is 24.5 Å². The van der Waals surface area contributed by atoms with Gasteiger partial charge >= 0.3 is 0 Å². The van der Waals surface area contributed by atoms with Crippen LogP contribution in [0, 0.1) is 0 Å². The molecule has 178 valence electrons. The highest BCUT2D eigenvalue weighted by Crippen LogP contribution is 2.31. The van der Waals surface area contributed by atoms with Gasteiger partial charge in [0.1, 0.15) is 6.61 Å². The number of halogens is 1. The van der Waals surface area contributed by atoms with Gasteiger partial charge < -0.3 is 19.9 Å². The van der Waals surface area contributed by atoms with Gasteiger partial charge in [0.25, 0.3) is 5.91 Å². The quantitative estimate of drug-likeness (QED) is 0.446. The number of rotatable bonds is 9. The maximum Gasteiger partial charge on any atom is 0.256 e. The Morgan fingerprint density at radius 2 is 1.68 bits per heavy atom. The fourth-order valence-corrected chi connectivity index (χ4v) is 4.04. The third-order valence-electron chi connectivity index (χ3n) is 5.58. The fraction of sp³-hybridized carbons (Fsp3) is 0.259. The van der Waals surface area contributed by atoms with Crippen molar-refractivity contribution in [1.82, 2.24) is 4.90 Å². The number of carbonyl (C=O) groups excluding carboxylic acids is 2. The number of anilines is 2. The minimum Gasteiger partial charge on any atom is -0.377 e. The summed E-state index contributed by atoms with van der Waals surface area (Å²) in [5.41, 5.74) is 3.94. The van der Waals surface area contributed by atoms with Crippen LogP contribution in [0.15, 0.2) is 72.8 Å². The number of carbonyl (C=O) groups is 2. The Labute approximate surface area is 206 Å². The molecule has 0 aliphatic carbocycles. The summed E-state index contributed by atoms with van der Waals surface area (Å²) < 4.78 is 4.92. The highest BCUT2D eigenvalue weighted by Gasteiger charge is 2.26. The lowest BCUT2D eigenvalue weighted by Gasteiger charge is -2.32. The van der Waals surface area contributed by atoms with Gasteiger partial charge in [-0.2, -0.15) is 0 Å². The molecule has 0 spiro atoms. The van der Waals surface area contributed by atoms with E-state index < -0.39 is 0 Å². The van der Waals surface area contributed by atoms with Crippen LogP contribution < -0.4 is 10.2 Å². The van der Waals surface area contributed by atoms with Crippen molar-refractivity contribution in [2.45, 2.75) is 19.5 Å². The molecule has 2 amide bonds. The van der Waals surface area contributed by atoms with Crippen LogP contribution >= 0.6 is 11.6 Å². The number of nitrogens with zero attached hydrogens (tertiary/aromatic N) is 2. The van der Waals surface area contributed by atoms with E-state index in [0.29, 0.717) is 22.8 Å². The zero-order valence-corrected chi connectivity index (χ0v) is 20.7. The van der Waals surface area contributed by atoms with Crippen molar-refractivity contribution in [3.8, 4) is 0 Å². The van der Waals surface area contributed by atoms with E-state index in [9.17, 15) is 9.59 Å². The van der Waals surface area contributed by atoms with Crippen LogP contribution in [-0.4, -0.2) is 44.5 Å². The normalized spacial score (nSPS) is 11.6. The topological polar surface area (TPSA) is 61.9 Å². The molecule has 1 atom stereocenters. The van der Waals surface area contributed by atoms with Gasteiger partial charge in [0.2, 0.25) is 5.91 Å². The van der Waals surface area contributed by atoms with Gasteiger partial charge in [0.15, 0.2) is 0 Å². The summed E-state index contributed by atoms with van der Waals surface area (Å²) >= 11 is 6.40. The molecule has 0 aliphatic heterocycles. The SMILES string of the molecule is COCC(=O)Nc1ccc(N(C)C)c(CN(C(=O)c2ccccc2Cl)[C@@H](C)c2ccccc2)c1. The van der Waals surface area contributed by atoms with Crippen molar-refractivity contribution in [3.05, 3.63) is 94.5 Å². The summed E-state index contributed by atoms with van der Waals surface area (Å²) in [5, 5.41) is 3.26. The average Bonchev–Trinajstić information content (AvgIpc) is 2.82. The van der Waals surface area contributed by atoms with E-state index in [1.54, 1.807) is 23.1 Å². The number of benzene rings is 3. The smallest absolute Gasteiger partial charge is 0.256 e. The van der Waals surface area contributed by atoms with Gasteiger partial charge in [-0.05, 0) is 48.4 Å². The first-order valence-electron chi connectivity index (χ1n) is 11.0. The van der Waals surface area contributed by atoms with Crippen molar-refractivity contribution >= 4 is 34.8 Å². The average molecular weight is 480 g/mol. The standard InChI is InChI=1S/C27H30ClN3O3/c1-19(20-10-6-5-7-11-20)31(27(33)23-12-8-9-13-24(23)28)17-21-16-22(29-26(32)18-34-4)14-15-25(21)30(2)3/h5-16,19H,17-18H2,1-4H3,(H,29,32)/t19-/m0/s1. The van der Waals surface area contributed by atoms with Gasteiger partial charge in [-0.1, -0.05) is 54.1 Å². The molecule has 0 heterocycles. The van der Waals surface area contributed by atoms with Gasteiger partial charge in [0, 0.05) is 39.1 Å². The Morgan fingerprint density at radius 3 is 2.32 bits per heavy atom. The fourth-order valence-electron chi connectivity index (χ4n) is 3.82. The summed E-state index contributed by atoms with van der Waals surface area (Å²) in [5.74, 6) is -0.409. The van der Waals surface area contributed by atoms with Gasteiger partial charge in [-0.3, -0.25) is 9.59 Å². The largest absolute Gasteiger partial charge is 0.377 e. The molecule has 0 saturated heterocycles. The molecular formula is C27H30ClN3O3. The molecule has 0 aliphatic rings. The number of nitrogens with one attached hydrogen (secondary N) is 1. The van der Waals surface area contributed by atoms with Crippen molar-refractivity contribution < 1.29 is 14.3 Å². The second kappa shape index (κ2) is 11.7. The van der Waals surface area contributed by atoms with Crippen molar-refractivity contribution in [1.29, 1.82) is 0 Å². The molecule has 7 heteroatoms. The Kier molecular flexibility index (Phi) is 8.68. The monoisotopic (exact) mass is 479 g/mol. The van der Waals surface area contributed by atoms with E-state index in [2.05, 4.69) is 5.32 Å². The summed E-state index contributed by atoms with van der Waals surface area (Å²) in [6, 6.07) is 22.4. The summed E-state index contributed by atoms with van der Waals surface area (Å²) in [4.78, 5) is 29.6. The van der Waals surface area contributed by atoms with Crippen LogP contribution in [0.3, 0.4) is 0 Å². The minimum atomic E-state index is -0.243. The maximum atomic E-state index is 13.8. The van der Waals surface area contributed by atoms with Gasteiger partial charge in [0.05, 0.1) is 16.6 Å². The molecule has 6 nitrogen and oxygen atoms in total. The van der Waals surface area contributed by atoms with Crippen LogP contribution in [-0.2, 0) is 16.1 Å². The summed E-state index contributed by atoms with van der Waals surface area (Å²) in [6.45, 7) is 2.29. The van der Waals surface area contributed by atoms with Crippen LogP contribution in [0.25, 0.3) is 0 Å². The maximum absolute atomic E-state index is 13.8. The first-order chi connectivity index (χ1) is 16.3. The molecule has 0 aromatic heterocycles. The van der Waals surface area contributed by atoms with Crippen molar-refractivity contribution in [2.24, 2.45) is 0 Å². The molecular weight excluding hydrogens is 450 g/mol. The Balaban J connectivity index is 2.03. The highest BCUT2D eigenvalue weighted by atomic mass is 35.5. The molecule has 0 saturated carbocycles. The van der Waals surface area contributed by atoms with Gasteiger partial charge in [-0.25, -0.2) is 0 Å². The number of hydrogen-bond acceptors (Lipinski definition) is 4. The Morgan fingerprint density at radius 1 is 1.00 bits per heavy atom. The molecule has 0 fully saturated rings. The number of ether oxygens (including phenoxy) is 1. The third-order valence-corrected chi connectivity index (χ3v) is 5.91. The van der Waals surface area contributed by atoms with Gasteiger partial charge in [-0.15, -0.1) is 0 Å². The third kappa shape index (κ3) is 6.16. The van der Waals surface area contributed by atoms with E-state index >= 15 is 0 Å². The Hall–Kier alpha value is -3.35. The second-order valence-electron chi connectivity index (χ2n) is 8.22. The summed E-state index contributed by atoms with van der Waals surface area (Å²) in [6.07, 6.45) is 0. The molecule has 3 aromatic carbocycles. The zero-order chi connectivity index (χ0) is 24.7. The van der Waals surface area contributed by atoms with Crippen LogP contribution in [0.4, 0.5) is 11.4 Å².